The molecule has 9 nitrogen and oxygen atoms in total. The predicted molar refractivity (Wildman–Crippen MR) is 142 cm³/mol. The van der Waals surface area contributed by atoms with Crippen LogP contribution in [0.1, 0.15) is 47.5 Å². The van der Waals surface area contributed by atoms with Crippen molar-refractivity contribution in [2.75, 3.05) is 42.5 Å². The number of pyridine rings is 1. The zero-order chi connectivity index (χ0) is 25.7. The van der Waals surface area contributed by atoms with Gasteiger partial charge in [0.2, 0.25) is 0 Å². The number of halogens is 1. The minimum Gasteiger partial charge on any atom is -0.444 e. The Morgan fingerprint density at radius 1 is 1.08 bits per heavy atom. The van der Waals surface area contributed by atoms with Crippen LogP contribution in [0, 0.1) is 0 Å². The number of carbonyl (C=O) groups excluding carboxylic acids is 1. The molecule has 0 spiro atoms. The summed E-state index contributed by atoms with van der Waals surface area (Å²) < 4.78 is 7.65. The van der Waals surface area contributed by atoms with Crippen molar-refractivity contribution in [3.05, 3.63) is 35.9 Å². The Morgan fingerprint density at radius 2 is 1.83 bits per heavy atom. The molecular weight excluding hydrogens is 478 g/mol. The van der Waals surface area contributed by atoms with E-state index < -0.39 is 5.60 Å². The summed E-state index contributed by atoms with van der Waals surface area (Å²) in [6.07, 6.45) is 7.47. The van der Waals surface area contributed by atoms with Crippen LogP contribution in [0.15, 0.2) is 30.9 Å². The molecule has 5 heterocycles. The van der Waals surface area contributed by atoms with Gasteiger partial charge in [0.05, 0.1) is 16.6 Å². The van der Waals surface area contributed by atoms with Crippen LogP contribution in [0.2, 0.25) is 5.02 Å². The first kappa shape index (κ1) is 24.6. The molecule has 2 fully saturated rings. The molecule has 36 heavy (non-hydrogen) atoms. The third kappa shape index (κ3) is 4.68. The fraction of sp³-hybridized carbons (Fsp3) is 0.538. The van der Waals surface area contributed by atoms with Crippen LogP contribution < -0.4 is 9.80 Å². The number of anilines is 2. The van der Waals surface area contributed by atoms with Crippen molar-refractivity contribution in [2.45, 2.75) is 58.6 Å². The summed E-state index contributed by atoms with van der Waals surface area (Å²) in [5.74, 6) is 1.59. The SMILES string of the molecule is CC(C)(C)OC(=O)N1CCN(c2ncnc3c2c(N2CCCC2)cn3-c2cc(Cl)ccn2)C(C)(C)C1. The van der Waals surface area contributed by atoms with Crippen molar-refractivity contribution in [3.8, 4) is 5.82 Å². The fourth-order valence-electron chi connectivity index (χ4n) is 5.16. The van der Waals surface area contributed by atoms with E-state index in [0.29, 0.717) is 24.7 Å². The van der Waals surface area contributed by atoms with Crippen LogP contribution in [0.5, 0.6) is 0 Å². The first-order valence-electron chi connectivity index (χ1n) is 12.5. The second kappa shape index (κ2) is 9.10. The largest absolute Gasteiger partial charge is 0.444 e. The van der Waals surface area contributed by atoms with Gasteiger partial charge >= 0.3 is 6.09 Å². The number of piperazine rings is 1. The molecule has 0 N–H and O–H groups in total. The molecule has 3 aromatic heterocycles. The molecular formula is C26H34ClN7O2. The second-order valence-electron chi connectivity index (χ2n) is 11.2. The molecule has 0 aliphatic carbocycles. The molecule has 2 aliphatic rings. The quantitative estimate of drug-likeness (QED) is 0.494. The first-order valence-corrected chi connectivity index (χ1v) is 12.9. The topological polar surface area (TPSA) is 79.6 Å². The molecule has 0 unspecified atom stereocenters. The van der Waals surface area contributed by atoms with E-state index in [1.165, 1.54) is 0 Å². The Hall–Kier alpha value is -3.07. The maximum Gasteiger partial charge on any atom is 0.410 e. The molecule has 0 atom stereocenters. The molecule has 192 valence electrons. The second-order valence-corrected chi connectivity index (χ2v) is 11.6. The summed E-state index contributed by atoms with van der Waals surface area (Å²) >= 11 is 6.30. The van der Waals surface area contributed by atoms with E-state index in [4.69, 9.17) is 26.3 Å². The van der Waals surface area contributed by atoms with Gasteiger partial charge in [-0.25, -0.2) is 19.7 Å². The average molecular weight is 512 g/mol. The highest BCUT2D eigenvalue weighted by Gasteiger charge is 2.39. The molecule has 0 radical (unpaired) electrons. The van der Waals surface area contributed by atoms with Crippen LogP contribution >= 0.6 is 11.6 Å². The van der Waals surface area contributed by atoms with Gasteiger partial charge < -0.3 is 19.4 Å². The van der Waals surface area contributed by atoms with Gasteiger partial charge in [0.25, 0.3) is 0 Å². The van der Waals surface area contributed by atoms with Crippen LogP contribution in [0.4, 0.5) is 16.3 Å². The van der Waals surface area contributed by atoms with Crippen LogP contribution in [-0.4, -0.2) is 74.4 Å². The van der Waals surface area contributed by atoms with Gasteiger partial charge in [0.15, 0.2) is 5.65 Å². The van der Waals surface area contributed by atoms with E-state index in [1.807, 2.05) is 31.4 Å². The highest BCUT2D eigenvalue weighted by atomic mass is 35.5. The number of rotatable bonds is 3. The third-order valence-corrected chi connectivity index (χ3v) is 6.99. The number of amides is 1. The molecule has 0 bridgehead atoms. The van der Waals surface area contributed by atoms with E-state index in [1.54, 1.807) is 23.5 Å². The molecule has 10 heteroatoms. The highest BCUT2D eigenvalue weighted by Crippen LogP contribution is 2.40. The van der Waals surface area contributed by atoms with E-state index >= 15 is 0 Å². The zero-order valence-corrected chi connectivity index (χ0v) is 22.4. The molecule has 3 aromatic rings. The van der Waals surface area contributed by atoms with Crippen molar-refractivity contribution in [1.82, 2.24) is 24.4 Å². The number of carbonyl (C=O) groups is 1. The van der Waals surface area contributed by atoms with E-state index in [0.717, 1.165) is 54.3 Å². The van der Waals surface area contributed by atoms with Crippen LogP contribution in [-0.2, 0) is 4.74 Å². The molecule has 0 saturated carbocycles. The number of fused-ring (bicyclic) bond motifs is 1. The van der Waals surface area contributed by atoms with Gasteiger partial charge in [-0.2, -0.15) is 0 Å². The molecule has 2 aliphatic heterocycles. The van der Waals surface area contributed by atoms with E-state index in [-0.39, 0.29) is 11.6 Å². The fourth-order valence-corrected chi connectivity index (χ4v) is 5.31. The number of hydrogen-bond donors (Lipinski definition) is 0. The lowest BCUT2D eigenvalue weighted by molar-refractivity contribution is 0.0179. The Kier molecular flexibility index (Phi) is 6.22. The lowest BCUT2D eigenvalue weighted by atomic mass is 9.98. The minimum absolute atomic E-state index is 0.279. The summed E-state index contributed by atoms with van der Waals surface area (Å²) in [5, 5.41) is 1.62. The van der Waals surface area contributed by atoms with Crippen molar-refractivity contribution in [1.29, 1.82) is 0 Å². The Bertz CT molecular complexity index is 1280. The van der Waals surface area contributed by atoms with Gasteiger partial charge in [-0.1, -0.05) is 11.6 Å². The first-order chi connectivity index (χ1) is 17.0. The van der Waals surface area contributed by atoms with E-state index in [2.05, 4.69) is 34.8 Å². The summed E-state index contributed by atoms with van der Waals surface area (Å²) in [6.45, 7) is 13.7. The average Bonchev–Trinajstić information content (AvgIpc) is 3.45. The van der Waals surface area contributed by atoms with Gasteiger partial charge in [0, 0.05) is 56.2 Å². The molecule has 1 amide bonds. The predicted octanol–water partition coefficient (Wildman–Crippen LogP) is 4.90. The Morgan fingerprint density at radius 3 is 2.50 bits per heavy atom. The summed E-state index contributed by atoms with van der Waals surface area (Å²) in [4.78, 5) is 33.4. The number of hydrogen-bond acceptors (Lipinski definition) is 7. The number of ether oxygens (including phenoxy) is 1. The monoisotopic (exact) mass is 511 g/mol. The van der Waals surface area contributed by atoms with Crippen molar-refractivity contribution >= 4 is 40.2 Å². The molecule has 2 saturated heterocycles. The summed E-state index contributed by atoms with van der Waals surface area (Å²) in [5.41, 5.74) is 1.00. The van der Waals surface area contributed by atoms with Gasteiger partial charge in [-0.15, -0.1) is 0 Å². The molecule has 5 rings (SSSR count). The summed E-state index contributed by atoms with van der Waals surface area (Å²) in [6, 6.07) is 3.62. The van der Waals surface area contributed by atoms with Crippen LogP contribution in [0.25, 0.3) is 16.9 Å². The van der Waals surface area contributed by atoms with Gasteiger partial charge in [-0.3, -0.25) is 4.57 Å². The maximum absolute atomic E-state index is 12.8. The summed E-state index contributed by atoms with van der Waals surface area (Å²) in [7, 11) is 0. The lowest BCUT2D eigenvalue weighted by Gasteiger charge is -2.47. The lowest BCUT2D eigenvalue weighted by Crippen LogP contribution is -2.61. The minimum atomic E-state index is -0.529. The normalized spacial score (nSPS) is 18.2. The van der Waals surface area contributed by atoms with E-state index in [9.17, 15) is 4.79 Å². The zero-order valence-electron chi connectivity index (χ0n) is 21.7. The van der Waals surface area contributed by atoms with Gasteiger partial charge in [0.1, 0.15) is 23.6 Å². The Balaban J connectivity index is 1.57. The van der Waals surface area contributed by atoms with Crippen LogP contribution in [0.3, 0.4) is 0 Å². The maximum atomic E-state index is 12.8. The number of nitrogens with zero attached hydrogens (tertiary/aromatic N) is 7. The molecule has 0 aromatic carbocycles. The van der Waals surface area contributed by atoms with Crippen molar-refractivity contribution < 1.29 is 9.53 Å². The van der Waals surface area contributed by atoms with Crippen molar-refractivity contribution in [3.63, 3.8) is 0 Å². The smallest absolute Gasteiger partial charge is 0.410 e. The Labute approximate surface area is 217 Å². The number of aromatic nitrogens is 4. The van der Waals surface area contributed by atoms with Gasteiger partial charge in [-0.05, 0) is 53.5 Å². The highest BCUT2D eigenvalue weighted by molar-refractivity contribution is 6.30. The third-order valence-electron chi connectivity index (χ3n) is 6.75. The van der Waals surface area contributed by atoms with Crippen molar-refractivity contribution in [2.24, 2.45) is 0 Å². The standard InChI is InChI=1S/C26H34ClN7O2/c1-25(2,3)36-24(35)32-12-13-34(26(4,5)16-32)23-21-19(31-10-6-7-11-31)15-33(22(21)29-17-30-23)20-14-18(27)8-9-28-20/h8-9,14-15,17H,6-7,10-13,16H2,1-5H3.